The van der Waals surface area contributed by atoms with Gasteiger partial charge in [-0.15, -0.1) is 0 Å². The Kier molecular flexibility index (Phi) is 5.42. The summed E-state index contributed by atoms with van der Waals surface area (Å²) in [6, 6.07) is 17.2. The number of carboxylic acids is 1. The molecule has 0 spiro atoms. The van der Waals surface area contributed by atoms with Gasteiger partial charge in [-0.1, -0.05) is 54.2 Å². The Morgan fingerprint density at radius 1 is 1.00 bits per heavy atom. The van der Waals surface area contributed by atoms with Crippen molar-refractivity contribution >= 4 is 58.7 Å². The predicted octanol–water partition coefficient (Wildman–Crippen LogP) is 3.23. The minimum atomic E-state index is -0.935. The van der Waals surface area contributed by atoms with Crippen LogP contribution in [0.25, 0.3) is 0 Å². The summed E-state index contributed by atoms with van der Waals surface area (Å²) in [6.07, 6.45) is 1.63. The fourth-order valence-corrected chi connectivity index (χ4v) is 2.79. The number of allylic oxidation sites excluding steroid dienone is 1. The number of benzene rings is 2. The molecule has 1 N–H and O–H groups in total. The second-order valence-corrected chi connectivity index (χ2v) is 5.33. The van der Waals surface area contributed by atoms with Crippen molar-refractivity contribution in [3.8, 4) is 0 Å². The zero-order valence-electron chi connectivity index (χ0n) is 10.5. The van der Waals surface area contributed by atoms with Gasteiger partial charge in [0.15, 0.2) is 0 Å². The normalized spacial score (nSPS) is 13.1. The molecule has 0 amide bonds. The van der Waals surface area contributed by atoms with Gasteiger partial charge in [-0.2, -0.15) is 0 Å². The van der Waals surface area contributed by atoms with Gasteiger partial charge < -0.3 is 5.11 Å². The second kappa shape index (κ2) is 7.09. The first kappa shape index (κ1) is 16.0. The van der Waals surface area contributed by atoms with E-state index in [1.807, 2.05) is 54.6 Å². The fraction of sp³-hybridized carbons (Fsp3) is 0. The molecule has 2 aromatic rings. The molecule has 0 fully saturated rings. The third kappa shape index (κ3) is 3.66. The van der Waals surface area contributed by atoms with Crippen LogP contribution in [0.3, 0.4) is 0 Å². The van der Waals surface area contributed by atoms with Crippen LogP contribution in [0, 0.1) is 0 Å². The molecule has 0 aliphatic carbocycles. The van der Waals surface area contributed by atoms with E-state index in [4.69, 9.17) is 0 Å². The molecule has 3 nitrogen and oxygen atoms in total. The molecule has 1 aliphatic rings. The first-order chi connectivity index (χ1) is 9.74. The van der Waals surface area contributed by atoms with Gasteiger partial charge in [0.2, 0.25) is 0 Å². The summed E-state index contributed by atoms with van der Waals surface area (Å²) in [4.78, 5) is 17.1. The van der Waals surface area contributed by atoms with E-state index in [0.29, 0.717) is 5.71 Å². The van der Waals surface area contributed by atoms with Gasteiger partial charge in [0, 0.05) is 10.5 Å². The second-order valence-electron chi connectivity index (χ2n) is 4.25. The van der Waals surface area contributed by atoms with E-state index in [1.54, 1.807) is 6.08 Å². The number of aliphatic carboxylic acids is 1. The molecule has 0 unspecified atom stereocenters. The summed E-state index contributed by atoms with van der Waals surface area (Å²) in [5.74, 6) is -0.935. The molecule has 0 radical (unpaired) electrons. The molecule has 100 valence electrons. The van der Waals surface area contributed by atoms with Crippen LogP contribution in [0.4, 0.5) is 5.69 Å². The van der Waals surface area contributed by atoms with Crippen molar-refractivity contribution in [2.75, 3.05) is 0 Å². The van der Waals surface area contributed by atoms with Gasteiger partial charge in [-0.25, -0.2) is 9.79 Å². The summed E-state index contributed by atoms with van der Waals surface area (Å²) in [5, 5.41) is 9.31. The third-order valence-electron chi connectivity index (χ3n) is 2.87. The number of fused-ring (bicyclic) bond motifs is 1. The quantitative estimate of drug-likeness (QED) is 0.867. The number of aliphatic imine (C=N–C) groups is 1. The van der Waals surface area contributed by atoms with Crippen molar-refractivity contribution in [3.63, 3.8) is 0 Å². The van der Waals surface area contributed by atoms with E-state index in [9.17, 15) is 9.90 Å². The van der Waals surface area contributed by atoms with Gasteiger partial charge in [0.05, 0.1) is 16.3 Å². The number of hydrogen-bond acceptors (Lipinski definition) is 3. The Morgan fingerprint density at radius 3 is 2.38 bits per heavy atom. The Bertz CT molecular complexity index is 726. The summed E-state index contributed by atoms with van der Waals surface area (Å²) in [6.45, 7) is 0. The Labute approximate surface area is 149 Å². The van der Waals surface area contributed by atoms with Crippen molar-refractivity contribution in [2.24, 2.45) is 4.99 Å². The van der Waals surface area contributed by atoms with E-state index in [-0.39, 0.29) is 34.5 Å². The zero-order chi connectivity index (χ0) is 13.9. The van der Waals surface area contributed by atoms with Crippen molar-refractivity contribution in [1.82, 2.24) is 0 Å². The summed E-state index contributed by atoms with van der Waals surface area (Å²) >= 11 is 1.23. The molecular weight excluding hydrogens is 293 g/mol. The number of para-hydroxylation sites is 1. The first-order valence-corrected chi connectivity index (χ1v) is 6.92. The van der Waals surface area contributed by atoms with Gasteiger partial charge >= 0.3 is 35.5 Å². The molecule has 0 aromatic heterocycles. The van der Waals surface area contributed by atoms with Crippen LogP contribution in [0.2, 0.25) is 0 Å². The molecular formula is C16H12NNaO2S. The predicted molar refractivity (Wildman–Crippen MR) is 87.8 cm³/mol. The van der Waals surface area contributed by atoms with Crippen molar-refractivity contribution in [2.45, 2.75) is 4.90 Å². The monoisotopic (exact) mass is 305 g/mol. The van der Waals surface area contributed by atoms with E-state index in [2.05, 4.69) is 4.99 Å². The number of rotatable bonds is 2. The van der Waals surface area contributed by atoms with E-state index < -0.39 is 5.97 Å². The fourth-order valence-electron chi connectivity index (χ4n) is 1.93. The zero-order valence-corrected chi connectivity index (χ0v) is 11.3. The summed E-state index contributed by atoms with van der Waals surface area (Å²) in [5.41, 5.74) is 2.37. The average Bonchev–Trinajstić information content (AvgIpc) is 2.67. The van der Waals surface area contributed by atoms with Crippen molar-refractivity contribution in [1.29, 1.82) is 0 Å². The molecule has 0 atom stereocenters. The van der Waals surface area contributed by atoms with Crippen LogP contribution in [0.1, 0.15) is 5.56 Å². The van der Waals surface area contributed by atoms with Crippen LogP contribution in [0.15, 0.2) is 75.5 Å². The summed E-state index contributed by atoms with van der Waals surface area (Å²) in [7, 11) is 0. The molecule has 1 heterocycles. The van der Waals surface area contributed by atoms with Gasteiger partial charge in [-0.3, -0.25) is 0 Å². The Hall–Kier alpha value is -1.33. The molecule has 0 saturated heterocycles. The summed E-state index contributed by atoms with van der Waals surface area (Å²) < 4.78 is 0. The first-order valence-electron chi connectivity index (χ1n) is 6.10. The molecule has 0 bridgehead atoms. The maximum absolute atomic E-state index is 11.3. The molecule has 2 aromatic carbocycles. The van der Waals surface area contributed by atoms with E-state index in [1.165, 1.54) is 11.8 Å². The molecule has 3 rings (SSSR count). The molecule has 1 aliphatic heterocycles. The maximum atomic E-state index is 11.3. The van der Waals surface area contributed by atoms with E-state index in [0.717, 1.165) is 16.1 Å². The Morgan fingerprint density at radius 2 is 1.67 bits per heavy atom. The van der Waals surface area contributed by atoms with Crippen molar-refractivity contribution in [3.05, 3.63) is 71.1 Å². The van der Waals surface area contributed by atoms with Gasteiger partial charge in [-0.05, 0) is 18.2 Å². The van der Waals surface area contributed by atoms with Crippen LogP contribution in [0.5, 0.6) is 0 Å². The topological polar surface area (TPSA) is 49.7 Å². The van der Waals surface area contributed by atoms with Gasteiger partial charge in [0.1, 0.15) is 0 Å². The molecule has 21 heavy (non-hydrogen) atoms. The Balaban J connectivity index is 0.00000161. The van der Waals surface area contributed by atoms with Crippen LogP contribution >= 0.6 is 11.8 Å². The van der Waals surface area contributed by atoms with Crippen LogP contribution < -0.4 is 0 Å². The molecule has 0 saturated carbocycles. The molecule has 5 heteroatoms. The number of carbonyl (C=O) groups is 1. The minimum absolute atomic E-state index is 0. The third-order valence-corrected chi connectivity index (χ3v) is 3.95. The average molecular weight is 305 g/mol. The number of hydrogen-bond donors (Lipinski definition) is 1. The van der Waals surface area contributed by atoms with E-state index >= 15 is 0 Å². The van der Waals surface area contributed by atoms with Crippen molar-refractivity contribution < 1.29 is 9.90 Å². The van der Waals surface area contributed by atoms with Crippen LogP contribution in [-0.2, 0) is 4.79 Å². The SMILES string of the molecule is O=C(O)C1=CC(c2ccccc2)=Nc2ccccc2S1.[NaH]. The number of nitrogens with zero attached hydrogens (tertiary/aromatic N) is 1. The number of thioether (sulfide) groups is 1. The van der Waals surface area contributed by atoms with Gasteiger partial charge in [0.25, 0.3) is 0 Å². The number of carboxylic acid groups (broad SMARTS) is 1. The standard InChI is InChI=1S/C16H11NO2S.Na.H/c18-16(19)15-10-13(11-6-2-1-3-7-11)17-12-8-4-5-9-14(12)20-15;;/h1-10H,(H,18,19);;. The van der Waals surface area contributed by atoms with Crippen LogP contribution in [-0.4, -0.2) is 46.3 Å².